The van der Waals surface area contributed by atoms with E-state index in [9.17, 15) is 9.59 Å². The number of nitrogens with zero attached hydrogens (tertiary/aromatic N) is 2. The molecule has 10 heteroatoms. The molecule has 8 nitrogen and oxygen atoms in total. The van der Waals surface area contributed by atoms with Crippen LogP contribution in [0.4, 0.5) is 0 Å². The van der Waals surface area contributed by atoms with Crippen LogP contribution in [-0.4, -0.2) is 55.9 Å². The van der Waals surface area contributed by atoms with Crippen LogP contribution in [0.25, 0.3) is 0 Å². The Labute approximate surface area is 210 Å². The Balaban J connectivity index is 0.00000363. The molecule has 0 spiro atoms. The number of thiophene rings is 1. The van der Waals surface area contributed by atoms with Gasteiger partial charge in [0.1, 0.15) is 0 Å². The van der Waals surface area contributed by atoms with Gasteiger partial charge in [0.25, 0.3) is 5.91 Å². The summed E-state index contributed by atoms with van der Waals surface area (Å²) in [4.78, 5) is 31.0. The zero-order valence-corrected chi connectivity index (χ0v) is 21.3. The summed E-state index contributed by atoms with van der Waals surface area (Å²) < 4.78 is 0. The maximum Gasteiger partial charge on any atom is 0.251 e. The van der Waals surface area contributed by atoms with E-state index in [-0.39, 0.29) is 36.4 Å². The number of primary amides is 1. The minimum absolute atomic E-state index is 0. The molecule has 0 saturated carbocycles. The van der Waals surface area contributed by atoms with Gasteiger partial charge in [-0.05, 0) is 55.1 Å². The highest BCUT2D eigenvalue weighted by molar-refractivity contribution is 14.0. The number of carbonyl (C=O) groups is 2. The van der Waals surface area contributed by atoms with Crippen molar-refractivity contribution in [2.24, 2.45) is 10.7 Å². The predicted molar refractivity (Wildman–Crippen MR) is 139 cm³/mol. The molecule has 0 bridgehead atoms. The van der Waals surface area contributed by atoms with Crippen molar-refractivity contribution < 1.29 is 9.59 Å². The van der Waals surface area contributed by atoms with Crippen molar-refractivity contribution in [1.29, 1.82) is 0 Å². The zero-order chi connectivity index (χ0) is 22.1. The van der Waals surface area contributed by atoms with Gasteiger partial charge in [0.2, 0.25) is 5.91 Å². The first-order valence-corrected chi connectivity index (χ1v) is 11.3. The third kappa shape index (κ3) is 7.75. The molecule has 1 aliphatic rings. The summed E-state index contributed by atoms with van der Waals surface area (Å²) in [5, 5.41) is 11.4. The molecular formula is C22H31IN6O2S. The molecule has 3 rings (SSSR count). The molecule has 2 aromatic rings. The molecule has 1 fully saturated rings. The monoisotopic (exact) mass is 570 g/mol. The van der Waals surface area contributed by atoms with Gasteiger partial charge in [0.15, 0.2) is 5.96 Å². The SMILES string of the molecule is CN=C(NCc1ccc(C(=O)NCC(N)=O)cc1)NCC(c1cccs1)N1CCCC1.I. The molecule has 174 valence electrons. The largest absolute Gasteiger partial charge is 0.368 e. The Kier molecular flexibility index (Phi) is 10.9. The number of aliphatic imine (C=N–C) groups is 1. The fraction of sp³-hybridized carbons (Fsp3) is 0.409. The molecule has 1 aliphatic heterocycles. The first-order chi connectivity index (χ1) is 15.1. The van der Waals surface area contributed by atoms with Gasteiger partial charge in [-0.15, -0.1) is 35.3 Å². The average Bonchev–Trinajstić information content (AvgIpc) is 3.49. The molecule has 1 aromatic heterocycles. The van der Waals surface area contributed by atoms with E-state index in [2.05, 4.69) is 43.4 Å². The van der Waals surface area contributed by atoms with Gasteiger partial charge < -0.3 is 21.7 Å². The summed E-state index contributed by atoms with van der Waals surface area (Å²) in [5.41, 5.74) is 6.55. The molecule has 0 radical (unpaired) electrons. The normalized spacial score (nSPS) is 15.0. The topological polar surface area (TPSA) is 112 Å². The van der Waals surface area contributed by atoms with Gasteiger partial charge in [-0.3, -0.25) is 19.5 Å². The highest BCUT2D eigenvalue weighted by atomic mass is 127. The smallest absolute Gasteiger partial charge is 0.251 e. The van der Waals surface area contributed by atoms with Crippen molar-refractivity contribution in [3.8, 4) is 0 Å². The third-order valence-corrected chi connectivity index (χ3v) is 6.21. The molecule has 32 heavy (non-hydrogen) atoms. The summed E-state index contributed by atoms with van der Waals surface area (Å²) in [7, 11) is 1.76. The lowest BCUT2D eigenvalue weighted by Crippen LogP contribution is -2.42. The lowest BCUT2D eigenvalue weighted by atomic mass is 10.1. The Hall–Kier alpha value is -2.18. The van der Waals surface area contributed by atoms with Gasteiger partial charge in [0, 0.05) is 30.6 Å². The molecule has 2 heterocycles. The van der Waals surface area contributed by atoms with E-state index in [0.29, 0.717) is 18.2 Å². The van der Waals surface area contributed by atoms with E-state index in [4.69, 9.17) is 5.73 Å². The van der Waals surface area contributed by atoms with E-state index in [1.165, 1.54) is 17.7 Å². The van der Waals surface area contributed by atoms with Crippen LogP contribution in [0.5, 0.6) is 0 Å². The maximum absolute atomic E-state index is 12.0. The number of benzene rings is 1. The van der Waals surface area contributed by atoms with Crippen molar-refractivity contribution in [2.75, 3.05) is 33.2 Å². The predicted octanol–water partition coefficient (Wildman–Crippen LogP) is 2.08. The van der Waals surface area contributed by atoms with Gasteiger partial charge in [0.05, 0.1) is 12.6 Å². The van der Waals surface area contributed by atoms with E-state index in [0.717, 1.165) is 31.2 Å². The molecular weight excluding hydrogens is 539 g/mol. The van der Waals surface area contributed by atoms with Crippen LogP contribution in [0, 0.1) is 0 Å². The van der Waals surface area contributed by atoms with Crippen LogP contribution >= 0.6 is 35.3 Å². The first-order valence-electron chi connectivity index (χ1n) is 10.4. The highest BCUT2D eigenvalue weighted by Gasteiger charge is 2.24. The van der Waals surface area contributed by atoms with Crippen molar-refractivity contribution >= 4 is 53.1 Å². The maximum atomic E-state index is 12.0. The number of hydrogen-bond acceptors (Lipinski definition) is 5. The van der Waals surface area contributed by atoms with Gasteiger partial charge in [-0.25, -0.2) is 0 Å². The van der Waals surface area contributed by atoms with Crippen LogP contribution in [0.2, 0.25) is 0 Å². The average molecular weight is 571 g/mol. The summed E-state index contributed by atoms with van der Waals surface area (Å²) >= 11 is 1.80. The number of likely N-dealkylation sites (tertiary alicyclic amines) is 1. The summed E-state index contributed by atoms with van der Waals surface area (Å²) in [6, 6.07) is 11.9. The fourth-order valence-electron chi connectivity index (χ4n) is 3.59. The van der Waals surface area contributed by atoms with Crippen molar-refractivity contribution in [1.82, 2.24) is 20.9 Å². The minimum atomic E-state index is -0.570. The highest BCUT2D eigenvalue weighted by Crippen LogP contribution is 2.27. The van der Waals surface area contributed by atoms with Crippen LogP contribution in [0.3, 0.4) is 0 Å². The minimum Gasteiger partial charge on any atom is -0.368 e. The summed E-state index contributed by atoms with van der Waals surface area (Å²) in [5.74, 6) is -0.152. The Morgan fingerprint density at radius 3 is 2.44 bits per heavy atom. The number of nitrogens with one attached hydrogen (secondary N) is 3. The number of amides is 2. The van der Waals surface area contributed by atoms with E-state index < -0.39 is 5.91 Å². The summed E-state index contributed by atoms with van der Waals surface area (Å²) in [6.07, 6.45) is 2.51. The zero-order valence-electron chi connectivity index (χ0n) is 18.2. The second-order valence-electron chi connectivity index (χ2n) is 7.43. The molecule has 0 aliphatic carbocycles. The summed E-state index contributed by atoms with van der Waals surface area (Å²) in [6.45, 7) is 3.47. The molecule has 2 amide bonds. The van der Waals surface area contributed by atoms with Crippen molar-refractivity contribution in [3.63, 3.8) is 0 Å². The second-order valence-corrected chi connectivity index (χ2v) is 8.41. The number of halogens is 1. The number of nitrogens with two attached hydrogens (primary N) is 1. The Morgan fingerprint density at radius 2 is 1.84 bits per heavy atom. The number of hydrogen-bond donors (Lipinski definition) is 4. The van der Waals surface area contributed by atoms with E-state index in [1.807, 2.05) is 12.1 Å². The van der Waals surface area contributed by atoms with Crippen molar-refractivity contribution in [3.05, 3.63) is 57.8 Å². The van der Waals surface area contributed by atoms with E-state index in [1.54, 1.807) is 30.5 Å². The lowest BCUT2D eigenvalue weighted by Gasteiger charge is -2.27. The van der Waals surface area contributed by atoms with Crippen molar-refractivity contribution in [2.45, 2.75) is 25.4 Å². The Morgan fingerprint density at radius 1 is 1.12 bits per heavy atom. The molecule has 1 aromatic carbocycles. The molecule has 1 unspecified atom stereocenters. The Bertz CT molecular complexity index is 882. The quantitative estimate of drug-likeness (QED) is 0.210. The molecule has 1 atom stereocenters. The van der Waals surface area contributed by atoms with Crippen LogP contribution in [0.15, 0.2) is 46.8 Å². The van der Waals surface area contributed by atoms with Crippen LogP contribution < -0.4 is 21.7 Å². The van der Waals surface area contributed by atoms with Gasteiger partial charge in [-0.2, -0.15) is 0 Å². The van der Waals surface area contributed by atoms with Gasteiger partial charge in [-0.1, -0.05) is 18.2 Å². The standard InChI is InChI=1S/C22H30N6O2S.HI/c1-24-22(27-14-18(19-5-4-12-31-19)28-10-2-3-11-28)26-13-16-6-8-17(9-7-16)21(30)25-15-20(23)29;/h4-9,12,18H,2-3,10-11,13-15H2,1H3,(H2,23,29)(H,25,30)(H2,24,26,27);1H. The number of rotatable bonds is 9. The fourth-order valence-corrected chi connectivity index (χ4v) is 4.45. The van der Waals surface area contributed by atoms with Crippen LogP contribution in [-0.2, 0) is 11.3 Å². The van der Waals surface area contributed by atoms with Crippen LogP contribution in [0.1, 0.15) is 39.7 Å². The first kappa shape index (κ1) is 26.1. The van der Waals surface area contributed by atoms with Gasteiger partial charge >= 0.3 is 0 Å². The third-order valence-electron chi connectivity index (χ3n) is 5.24. The number of carbonyl (C=O) groups excluding carboxylic acids is 2. The second kappa shape index (κ2) is 13.4. The van der Waals surface area contributed by atoms with E-state index >= 15 is 0 Å². The molecule has 5 N–H and O–H groups in total. The number of guanidine groups is 1. The molecule has 1 saturated heterocycles. The lowest BCUT2D eigenvalue weighted by molar-refractivity contribution is -0.117.